The van der Waals surface area contributed by atoms with Crippen molar-refractivity contribution in [3.63, 3.8) is 0 Å². The van der Waals surface area contributed by atoms with E-state index in [0.717, 1.165) is 31.9 Å². The Kier molecular flexibility index (Phi) is 5.28. The normalized spacial score (nSPS) is 12.2. The van der Waals surface area contributed by atoms with Crippen LogP contribution in [0.5, 0.6) is 5.75 Å². The molecule has 0 aliphatic rings. The van der Waals surface area contributed by atoms with Crippen molar-refractivity contribution in [3.05, 3.63) is 78.4 Å². The van der Waals surface area contributed by atoms with Crippen LogP contribution in [0.3, 0.4) is 0 Å². The summed E-state index contributed by atoms with van der Waals surface area (Å²) in [4.78, 5) is 1.51. The maximum atomic E-state index is 6.01. The van der Waals surface area contributed by atoms with Gasteiger partial charge in [-0.15, -0.1) is 0 Å². The number of quaternary nitrogens is 1. The molecule has 23 heavy (non-hydrogen) atoms. The van der Waals surface area contributed by atoms with Crippen LogP contribution in [0.1, 0.15) is 12.0 Å². The Bertz CT molecular complexity index is 734. The van der Waals surface area contributed by atoms with Crippen molar-refractivity contribution < 1.29 is 9.64 Å². The number of hydrogen-bond acceptors (Lipinski definition) is 1. The highest BCUT2D eigenvalue weighted by atomic mass is 16.5. The summed E-state index contributed by atoms with van der Waals surface area (Å²) in [6.07, 6.45) is 1.06. The molecule has 3 rings (SSSR count). The first kappa shape index (κ1) is 15.6. The molecule has 3 aromatic rings. The summed E-state index contributed by atoms with van der Waals surface area (Å²) in [5.74, 6) is 0.990. The summed E-state index contributed by atoms with van der Waals surface area (Å²) < 4.78 is 6.01. The Hall–Kier alpha value is -2.32. The lowest BCUT2D eigenvalue weighted by Gasteiger charge is -2.15. The maximum Gasteiger partial charge on any atom is 0.127 e. The molecular weight excluding hydrogens is 282 g/mol. The van der Waals surface area contributed by atoms with Crippen molar-refractivity contribution in [2.24, 2.45) is 0 Å². The number of ether oxygens (including phenoxy) is 1. The minimum absolute atomic E-state index is 0.764. The van der Waals surface area contributed by atoms with Gasteiger partial charge in [-0.05, 0) is 11.5 Å². The zero-order chi connectivity index (χ0) is 15.9. The van der Waals surface area contributed by atoms with Crippen molar-refractivity contribution in [1.29, 1.82) is 0 Å². The summed E-state index contributed by atoms with van der Waals surface area (Å²) in [6.45, 7) is 2.94. The van der Waals surface area contributed by atoms with Gasteiger partial charge < -0.3 is 9.64 Å². The van der Waals surface area contributed by atoms with Gasteiger partial charge in [-0.1, -0.05) is 66.7 Å². The second kappa shape index (κ2) is 7.80. The Morgan fingerprint density at radius 2 is 1.57 bits per heavy atom. The van der Waals surface area contributed by atoms with Crippen molar-refractivity contribution >= 4 is 10.8 Å². The van der Waals surface area contributed by atoms with E-state index in [-0.39, 0.29) is 0 Å². The smallest absolute Gasteiger partial charge is 0.127 e. The van der Waals surface area contributed by atoms with Crippen LogP contribution in [0.4, 0.5) is 0 Å². The van der Waals surface area contributed by atoms with Crippen LogP contribution in [0.15, 0.2) is 72.8 Å². The van der Waals surface area contributed by atoms with Crippen LogP contribution in [-0.4, -0.2) is 20.2 Å². The lowest BCUT2D eigenvalue weighted by Crippen LogP contribution is -3.07. The van der Waals surface area contributed by atoms with E-state index in [0.29, 0.717) is 0 Å². The molecule has 0 aromatic heterocycles. The molecule has 1 unspecified atom stereocenters. The van der Waals surface area contributed by atoms with Crippen LogP contribution in [-0.2, 0) is 6.54 Å². The van der Waals surface area contributed by atoms with Gasteiger partial charge in [0.05, 0.1) is 20.2 Å². The van der Waals surface area contributed by atoms with Gasteiger partial charge in [-0.25, -0.2) is 0 Å². The highest BCUT2D eigenvalue weighted by Gasteiger charge is 2.05. The molecule has 0 aliphatic carbocycles. The summed E-state index contributed by atoms with van der Waals surface area (Å²) in [5, 5.41) is 2.43. The Balaban J connectivity index is 1.48. The van der Waals surface area contributed by atoms with E-state index < -0.39 is 0 Å². The molecule has 0 spiro atoms. The lowest BCUT2D eigenvalue weighted by atomic mass is 10.1. The van der Waals surface area contributed by atoms with Crippen LogP contribution in [0.25, 0.3) is 10.8 Å². The molecule has 2 nitrogen and oxygen atoms in total. The Morgan fingerprint density at radius 3 is 2.43 bits per heavy atom. The van der Waals surface area contributed by atoms with Gasteiger partial charge in [0.2, 0.25) is 0 Å². The van der Waals surface area contributed by atoms with Gasteiger partial charge in [-0.3, -0.25) is 0 Å². The van der Waals surface area contributed by atoms with Crippen LogP contribution in [0, 0.1) is 0 Å². The zero-order valence-corrected chi connectivity index (χ0v) is 13.7. The van der Waals surface area contributed by atoms with Crippen LogP contribution < -0.4 is 9.64 Å². The fourth-order valence-corrected chi connectivity index (χ4v) is 2.91. The topological polar surface area (TPSA) is 13.7 Å². The quantitative estimate of drug-likeness (QED) is 0.661. The average Bonchev–Trinajstić information content (AvgIpc) is 2.60. The molecule has 0 amide bonds. The second-order valence-electron chi connectivity index (χ2n) is 6.05. The van der Waals surface area contributed by atoms with Crippen molar-refractivity contribution in [2.75, 3.05) is 20.2 Å². The summed E-state index contributed by atoms with van der Waals surface area (Å²) in [7, 11) is 2.24. The molecule has 3 aromatic carbocycles. The van der Waals surface area contributed by atoms with Crippen molar-refractivity contribution in [3.8, 4) is 5.75 Å². The van der Waals surface area contributed by atoms with Gasteiger partial charge >= 0.3 is 0 Å². The highest BCUT2D eigenvalue weighted by Crippen LogP contribution is 2.24. The number of benzene rings is 3. The van der Waals surface area contributed by atoms with E-state index in [1.165, 1.54) is 21.2 Å². The molecule has 118 valence electrons. The van der Waals surface area contributed by atoms with E-state index in [4.69, 9.17) is 4.74 Å². The third-order valence-electron chi connectivity index (χ3n) is 4.10. The molecule has 1 atom stereocenters. The van der Waals surface area contributed by atoms with Crippen molar-refractivity contribution in [1.82, 2.24) is 0 Å². The molecule has 0 heterocycles. The molecule has 0 bridgehead atoms. The van der Waals surface area contributed by atoms with E-state index in [1.807, 2.05) is 0 Å². The van der Waals surface area contributed by atoms with Gasteiger partial charge in [0, 0.05) is 17.4 Å². The summed E-state index contributed by atoms with van der Waals surface area (Å²) in [6, 6.07) is 25.3. The summed E-state index contributed by atoms with van der Waals surface area (Å²) in [5.41, 5.74) is 1.39. The molecule has 0 saturated heterocycles. The zero-order valence-electron chi connectivity index (χ0n) is 13.7. The summed E-state index contributed by atoms with van der Waals surface area (Å²) >= 11 is 0. The lowest BCUT2D eigenvalue weighted by molar-refractivity contribution is -0.894. The average molecular weight is 306 g/mol. The first-order chi connectivity index (χ1) is 11.3. The van der Waals surface area contributed by atoms with Gasteiger partial charge in [0.25, 0.3) is 0 Å². The molecular formula is C21H24NO+. The minimum Gasteiger partial charge on any atom is -0.493 e. The Morgan fingerprint density at radius 1 is 0.826 bits per heavy atom. The molecule has 2 heteroatoms. The standard InChI is InChI=1S/C21H23NO/c1-22(17-18-9-3-2-4-10-18)15-8-16-23-21-14-7-12-19-11-5-6-13-20(19)21/h2-7,9-14H,8,15-17H2,1H3/p+1. The largest absolute Gasteiger partial charge is 0.493 e. The first-order valence-electron chi connectivity index (χ1n) is 8.29. The molecule has 0 saturated carbocycles. The second-order valence-corrected chi connectivity index (χ2v) is 6.05. The molecule has 0 fully saturated rings. The third kappa shape index (κ3) is 4.33. The molecule has 0 aliphatic heterocycles. The van der Waals surface area contributed by atoms with Crippen molar-refractivity contribution in [2.45, 2.75) is 13.0 Å². The monoisotopic (exact) mass is 306 g/mol. The fraction of sp³-hybridized carbons (Fsp3) is 0.238. The van der Waals surface area contributed by atoms with Crippen LogP contribution in [0.2, 0.25) is 0 Å². The maximum absolute atomic E-state index is 6.01. The SMILES string of the molecule is C[NH+](CCCOc1cccc2ccccc12)Cc1ccccc1. The van der Waals surface area contributed by atoms with Gasteiger partial charge in [-0.2, -0.15) is 0 Å². The third-order valence-corrected chi connectivity index (χ3v) is 4.10. The molecule has 1 N–H and O–H groups in total. The minimum atomic E-state index is 0.764. The number of rotatable bonds is 7. The first-order valence-corrected chi connectivity index (χ1v) is 8.29. The van der Waals surface area contributed by atoms with E-state index in [2.05, 4.69) is 79.8 Å². The number of nitrogens with one attached hydrogen (secondary N) is 1. The fourth-order valence-electron chi connectivity index (χ4n) is 2.91. The van der Waals surface area contributed by atoms with Gasteiger partial charge in [0.1, 0.15) is 12.3 Å². The van der Waals surface area contributed by atoms with E-state index >= 15 is 0 Å². The van der Waals surface area contributed by atoms with Crippen LogP contribution >= 0.6 is 0 Å². The predicted octanol–water partition coefficient (Wildman–Crippen LogP) is 3.32. The number of hydrogen-bond donors (Lipinski definition) is 1. The van der Waals surface area contributed by atoms with Gasteiger partial charge in [0.15, 0.2) is 0 Å². The molecule has 0 radical (unpaired) electrons. The number of fused-ring (bicyclic) bond motifs is 1. The van der Waals surface area contributed by atoms with E-state index in [9.17, 15) is 0 Å². The Labute approximate surface area is 138 Å². The highest BCUT2D eigenvalue weighted by molar-refractivity contribution is 5.88. The predicted molar refractivity (Wildman–Crippen MR) is 96.0 cm³/mol. The van der Waals surface area contributed by atoms with E-state index in [1.54, 1.807) is 0 Å².